The number of hydrogen-bond donors (Lipinski definition) is 0. The summed E-state index contributed by atoms with van der Waals surface area (Å²) < 4.78 is 11.7. The monoisotopic (exact) mass is 341 g/mol. The zero-order valence-electron chi connectivity index (χ0n) is 13.4. The van der Waals surface area contributed by atoms with Crippen molar-refractivity contribution in [2.45, 2.75) is 6.54 Å². The van der Waals surface area contributed by atoms with Crippen LogP contribution >= 0.6 is 11.3 Å². The largest absolute Gasteiger partial charge is 0.477 e. The zero-order valence-corrected chi connectivity index (χ0v) is 14.2. The number of thiophene rings is 1. The molecule has 0 radical (unpaired) electrons. The molecule has 2 atom stereocenters. The van der Waals surface area contributed by atoms with E-state index in [1.54, 1.807) is 18.3 Å². The molecule has 2 aromatic rings. The summed E-state index contributed by atoms with van der Waals surface area (Å²) >= 11 is 1.81. The first-order valence-electron chi connectivity index (χ1n) is 8.09. The van der Waals surface area contributed by atoms with E-state index in [-0.39, 0.29) is 5.41 Å². The van der Waals surface area contributed by atoms with E-state index in [1.165, 1.54) is 4.88 Å². The van der Waals surface area contributed by atoms with Crippen molar-refractivity contribution in [3.63, 3.8) is 0 Å². The Hall–Kier alpha value is -1.94. The van der Waals surface area contributed by atoms with Crippen LogP contribution in [0.1, 0.15) is 10.4 Å². The fraction of sp³-hybridized carbons (Fsp3) is 0.444. The third kappa shape index (κ3) is 3.03. The number of hydrogen-bond acceptors (Lipinski definition) is 6. The lowest BCUT2D eigenvalue weighted by atomic mass is 9.82. The van der Waals surface area contributed by atoms with Gasteiger partial charge in [-0.15, -0.1) is 11.3 Å². The summed E-state index contributed by atoms with van der Waals surface area (Å²) in [6, 6.07) is 9.87. The van der Waals surface area contributed by atoms with Gasteiger partial charge in [0.05, 0.1) is 25.4 Å². The van der Waals surface area contributed by atoms with Gasteiger partial charge in [0, 0.05) is 48.1 Å². The van der Waals surface area contributed by atoms with Crippen LogP contribution in [0.3, 0.4) is 0 Å². The predicted octanol–water partition coefficient (Wildman–Crippen LogP) is 2.54. The first-order chi connectivity index (χ1) is 11.8. The number of aromatic nitrogens is 1. The van der Waals surface area contributed by atoms with Crippen molar-refractivity contribution in [2.75, 3.05) is 32.9 Å². The molecular formula is C18H19N3O2S. The number of nitrogens with zero attached hydrogens (tertiary/aromatic N) is 3. The Morgan fingerprint density at radius 1 is 1.46 bits per heavy atom. The van der Waals surface area contributed by atoms with Gasteiger partial charge < -0.3 is 9.47 Å². The summed E-state index contributed by atoms with van der Waals surface area (Å²) in [6.45, 7) is 5.22. The maximum atomic E-state index is 8.84. The highest BCUT2D eigenvalue weighted by atomic mass is 32.1. The lowest BCUT2D eigenvalue weighted by Gasteiger charge is -2.27. The van der Waals surface area contributed by atoms with Crippen molar-refractivity contribution in [1.29, 1.82) is 5.26 Å². The number of pyridine rings is 1. The maximum absolute atomic E-state index is 8.84. The van der Waals surface area contributed by atoms with Crippen LogP contribution < -0.4 is 4.74 Å². The number of fused-ring (bicyclic) bond motifs is 1. The van der Waals surface area contributed by atoms with Gasteiger partial charge in [-0.1, -0.05) is 6.07 Å². The highest BCUT2D eigenvalue weighted by Crippen LogP contribution is 2.42. The minimum Gasteiger partial charge on any atom is -0.477 e. The smallest absolute Gasteiger partial charge is 0.213 e. The Morgan fingerprint density at radius 2 is 2.42 bits per heavy atom. The van der Waals surface area contributed by atoms with Crippen LogP contribution in [-0.2, 0) is 11.3 Å². The third-order valence-electron chi connectivity index (χ3n) is 4.92. The van der Waals surface area contributed by atoms with E-state index in [9.17, 15) is 0 Å². The van der Waals surface area contributed by atoms with Gasteiger partial charge in [-0.05, 0) is 17.5 Å². The first kappa shape index (κ1) is 15.6. The van der Waals surface area contributed by atoms with Gasteiger partial charge in [0.2, 0.25) is 5.88 Å². The summed E-state index contributed by atoms with van der Waals surface area (Å²) in [7, 11) is 0. The molecular weight excluding hydrogens is 322 g/mol. The van der Waals surface area contributed by atoms with Crippen LogP contribution in [0.15, 0.2) is 35.8 Å². The average molecular weight is 341 g/mol. The highest BCUT2D eigenvalue weighted by molar-refractivity contribution is 7.09. The van der Waals surface area contributed by atoms with Crippen molar-refractivity contribution in [2.24, 2.45) is 11.3 Å². The minimum atomic E-state index is 0.0485. The third-order valence-corrected chi connectivity index (χ3v) is 5.79. The molecule has 2 aliphatic heterocycles. The predicted molar refractivity (Wildman–Crippen MR) is 90.8 cm³/mol. The first-order valence-corrected chi connectivity index (χ1v) is 8.97. The molecule has 2 aromatic heterocycles. The quantitative estimate of drug-likeness (QED) is 0.836. The number of likely N-dealkylation sites (tertiary alicyclic amines) is 1. The maximum Gasteiger partial charge on any atom is 0.213 e. The van der Waals surface area contributed by atoms with E-state index in [4.69, 9.17) is 14.7 Å². The second-order valence-electron chi connectivity index (χ2n) is 6.61. The number of ether oxygens (including phenoxy) is 2. The van der Waals surface area contributed by atoms with Gasteiger partial charge in [-0.25, -0.2) is 4.98 Å². The lowest BCUT2D eigenvalue weighted by molar-refractivity contribution is 0.0883. The summed E-state index contributed by atoms with van der Waals surface area (Å²) in [5.41, 5.74) is 0.595. The van der Waals surface area contributed by atoms with E-state index < -0.39 is 0 Å². The number of nitriles is 1. The van der Waals surface area contributed by atoms with E-state index in [0.717, 1.165) is 32.8 Å². The molecule has 4 heterocycles. The lowest BCUT2D eigenvalue weighted by Crippen LogP contribution is -2.37. The van der Waals surface area contributed by atoms with Gasteiger partial charge in [0.25, 0.3) is 0 Å². The Kier molecular flexibility index (Phi) is 4.23. The fourth-order valence-electron chi connectivity index (χ4n) is 3.64. The topological polar surface area (TPSA) is 58.4 Å². The van der Waals surface area contributed by atoms with Gasteiger partial charge in [0.1, 0.15) is 6.07 Å². The summed E-state index contributed by atoms with van der Waals surface area (Å²) in [4.78, 5) is 8.12. The molecule has 0 aliphatic carbocycles. The Morgan fingerprint density at radius 3 is 3.17 bits per heavy atom. The van der Waals surface area contributed by atoms with Crippen molar-refractivity contribution < 1.29 is 9.47 Å². The fourth-order valence-corrected chi connectivity index (χ4v) is 4.39. The second kappa shape index (κ2) is 6.52. The van der Waals surface area contributed by atoms with Crippen LogP contribution in [0, 0.1) is 22.7 Å². The molecule has 0 saturated carbocycles. The molecule has 4 rings (SSSR count). The van der Waals surface area contributed by atoms with E-state index in [1.807, 2.05) is 11.3 Å². The molecule has 2 fully saturated rings. The van der Waals surface area contributed by atoms with E-state index in [0.29, 0.717) is 24.0 Å². The van der Waals surface area contributed by atoms with Gasteiger partial charge >= 0.3 is 0 Å². The molecule has 0 spiro atoms. The Bertz CT molecular complexity index is 726. The highest BCUT2D eigenvalue weighted by Gasteiger charge is 2.51. The molecule has 0 aromatic carbocycles. The summed E-state index contributed by atoms with van der Waals surface area (Å²) in [5.74, 6) is 1.08. The number of rotatable bonds is 5. The van der Waals surface area contributed by atoms with E-state index in [2.05, 4.69) is 33.5 Å². The van der Waals surface area contributed by atoms with Crippen LogP contribution in [0.25, 0.3) is 0 Å². The molecule has 5 nitrogen and oxygen atoms in total. The Balaban J connectivity index is 1.41. The van der Waals surface area contributed by atoms with Crippen molar-refractivity contribution >= 4 is 11.3 Å². The molecule has 0 bridgehead atoms. The summed E-state index contributed by atoms with van der Waals surface area (Å²) in [6.07, 6.45) is 1.55. The molecule has 2 saturated heterocycles. The normalized spacial score (nSPS) is 26.2. The molecule has 124 valence electrons. The van der Waals surface area contributed by atoms with Crippen molar-refractivity contribution in [3.8, 4) is 11.9 Å². The van der Waals surface area contributed by atoms with Gasteiger partial charge in [-0.3, -0.25) is 4.90 Å². The van der Waals surface area contributed by atoms with Crippen molar-refractivity contribution in [1.82, 2.24) is 9.88 Å². The van der Waals surface area contributed by atoms with Crippen LogP contribution in [0.4, 0.5) is 0 Å². The molecule has 0 N–H and O–H groups in total. The molecule has 0 unspecified atom stereocenters. The zero-order chi connectivity index (χ0) is 16.4. The molecule has 0 amide bonds. The van der Waals surface area contributed by atoms with Crippen LogP contribution in [-0.4, -0.2) is 42.8 Å². The molecule has 24 heavy (non-hydrogen) atoms. The van der Waals surface area contributed by atoms with Gasteiger partial charge in [0.15, 0.2) is 0 Å². The van der Waals surface area contributed by atoms with Gasteiger partial charge in [-0.2, -0.15) is 5.26 Å². The van der Waals surface area contributed by atoms with Crippen LogP contribution in [0.5, 0.6) is 5.88 Å². The SMILES string of the molecule is N#Cc1ccc(OC[C@]23COC[C@H]2CN(Cc2cccs2)C3)nc1. The Labute approximate surface area is 145 Å². The minimum absolute atomic E-state index is 0.0485. The molecule has 2 aliphatic rings. The average Bonchev–Trinajstić information content (AvgIpc) is 3.30. The molecule has 6 heteroatoms. The van der Waals surface area contributed by atoms with Crippen molar-refractivity contribution in [3.05, 3.63) is 46.3 Å². The summed E-state index contributed by atoms with van der Waals surface area (Å²) in [5, 5.41) is 11.0. The standard InChI is InChI=1S/C18H19N3O2S/c19-6-14-3-4-17(20-7-14)23-13-18-11-21(8-15(18)10-22-12-18)9-16-2-1-5-24-16/h1-5,7,15H,8-13H2/t15-,18+/m1/s1. The second-order valence-corrected chi connectivity index (χ2v) is 7.64. The van der Waals surface area contributed by atoms with Crippen LogP contribution in [0.2, 0.25) is 0 Å². The van der Waals surface area contributed by atoms with E-state index >= 15 is 0 Å².